The zero-order valence-corrected chi connectivity index (χ0v) is 10.3. The minimum atomic E-state index is -0.861. The highest BCUT2D eigenvalue weighted by Gasteiger charge is 2.19. The fourth-order valence-electron chi connectivity index (χ4n) is 2.02. The van der Waals surface area contributed by atoms with E-state index in [1.54, 1.807) is 24.3 Å². The van der Waals surface area contributed by atoms with Crippen molar-refractivity contribution in [2.75, 3.05) is 20.1 Å². The third-order valence-electron chi connectivity index (χ3n) is 2.99. The maximum absolute atomic E-state index is 13.3. The van der Waals surface area contributed by atoms with Gasteiger partial charge in [0.25, 0.3) is 0 Å². The van der Waals surface area contributed by atoms with Gasteiger partial charge in [0.05, 0.1) is 5.70 Å². The third kappa shape index (κ3) is 2.75. The number of hydrogen-bond donors (Lipinski definition) is 0. The van der Waals surface area contributed by atoms with Crippen LogP contribution in [0.25, 0.3) is 5.57 Å². The van der Waals surface area contributed by atoms with Gasteiger partial charge in [-0.1, -0.05) is 24.3 Å². The summed E-state index contributed by atoms with van der Waals surface area (Å²) in [5.41, 5.74) is 1.08. The molecule has 0 unspecified atom stereocenters. The molecule has 102 valence electrons. The number of nitrogens with zero attached hydrogens (tertiary/aromatic N) is 1. The summed E-state index contributed by atoms with van der Waals surface area (Å²) in [5.74, 6) is 0. The van der Waals surface area contributed by atoms with Gasteiger partial charge in [0.15, 0.2) is 6.73 Å². The summed E-state index contributed by atoms with van der Waals surface area (Å²) in [5, 5.41) is 0. The van der Waals surface area contributed by atoms with Crippen molar-refractivity contribution in [2.24, 2.45) is 0 Å². The zero-order valence-electron chi connectivity index (χ0n) is 10.3. The Morgan fingerprint density at radius 1 is 1.16 bits per heavy atom. The average molecular weight is 269 g/mol. The Kier molecular flexibility index (Phi) is 4.49. The van der Waals surface area contributed by atoms with Gasteiger partial charge in [-0.25, -0.2) is 13.2 Å². The van der Waals surface area contributed by atoms with Gasteiger partial charge < -0.3 is 9.64 Å². The second-order valence-electron chi connectivity index (χ2n) is 4.03. The Labute approximate surface area is 109 Å². The minimum absolute atomic E-state index is 0.139. The van der Waals surface area contributed by atoms with Gasteiger partial charge in [-0.15, -0.1) is 0 Å². The fourth-order valence-corrected chi connectivity index (χ4v) is 2.02. The van der Waals surface area contributed by atoms with Crippen molar-refractivity contribution in [1.82, 2.24) is 4.90 Å². The van der Waals surface area contributed by atoms with Gasteiger partial charge in [0.1, 0.15) is 26.3 Å². The minimum Gasteiger partial charge on any atom is -0.479 e. The second-order valence-corrected chi connectivity index (χ2v) is 4.03. The first kappa shape index (κ1) is 13.5. The molecule has 0 aliphatic carbocycles. The number of benzene rings is 1. The highest BCUT2D eigenvalue weighted by molar-refractivity contribution is 5.71. The predicted molar refractivity (Wildman–Crippen MR) is 67.1 cm³/mol. The van der Waals surface area contributed by atoms with Crippen LogP contribution in [-0.4, -0.2) is 25.0 Å². The highest BCUT2D eigenvalue weighted by Crippen LogP contribution is 2.27. The van der Waals surface area contributed by atoms with Crippen molar-refractivity contribution >= 4 is 5.57 Å². The quantitative estimate of drug-likeness (QED) is 0.810. The van der Waals surface area contributed by atoms with Crippen LogP contribution in [0.5, 0.6) is 0 Å². The molecule has 1 aliphatic heterocycles. The second kappa shape index (κ2) is 6.31. The molecule has 0 radical (unpaired) electrons. The van der Waals surface area contributed by atoms with Crippen molar-refractivity contribution < 1.29 is 17.9 Å². The van der Waals surface area contributed by atoms with E-state index in [1.165, 1.54) is 17.4 Å². The Morgan fingerprint density at radius 3 is 2.53 bits per heavy atom. The number of ether oxygens (including phenoxy) is 1. The van der Waals surface area contributed by atoms with Gasteiger partial charge in [0.2, 0.25) is 0 Å². The lowest BCUT2D eigenvalue weighted by molar-refractivity contribution is 0.189. The molecule has 1 aliphatic rings. The van der Waals surface area contributed by atoms with E-state index in [0.29, 0.717) is 11.1 Å². The number of rotatable bonds is 5. The van der Waals surface area contributed by atoms with Crippen molar-refractivity contribution in [2.45, 2.75) is 6.67 Å². The SMILES string of the molecule is FCC(=C(CF)N1C=COC1)c1ccccc1CF. The molecule has 0 spiro atoms. The first-order valence-corrected chi connectivity index (χ1v) is 5.85. The zero-order chi connectivity index (χ0) is 13.7. The molecule has 0 fully saturated rings. The van der Waals surface area contributed by atoms with E-state index < -0.39 is 20.0 Å². The van der Waals surface area contributed by atoms with Gasteiger partial charge in [-0.3, -0.25) is 0 Å². The monoisotopic (exact) mass is 269 g/mol. The first-order valence-electron chi connectivity index (χ1n) is 5.85. The van der Waals surface area contributed by atoms with Gasteiger partial charge in [0, 0.05) is 11.8 Å². The lowest BCUT2D eigenvalue weighted by atomic mass is 9.99. The molecule has 0 amide bonds. The molecule has 0 N–H and O–H groups in total. The molecule has 19 heavy (non-hydrogen) atoms. The van der Waals surface area contributed by atoms with Crippen LogP contribution in [0, 0.1) is 0 Å². The molecule has 1 heterocycles. The smallest absolute Gasteiger partial charge is 0.164 e. The van der Waals surface area contributed by atoms with E-state index in [2.05, 4.69) is 0 Å². The molecule has 0 aromatic heterocycles. The molecular weight excluding hydrogens is 255 g/mol. The molecule has 5 heteroatoms. The van der Waals surface area contributed by atoms with Crippen molar-refractivity contribution in [1.29, 1.82) is 0 Å². The number of alkyl halides is 3. The lowest BCUT2D eigenvalue weighted by Gasteiger charge is -2.20. The van der Waals surface area contributed by atoms with Crippen LogP contribution in [0.2, 0.25) is 0 Å². The summed E-state index contributed by atoms with van der Waals surface area (Å²) in [7, 11) is 0. The Hall–Kier alpha value is -1.91. The van der Waals surface area contributed by atoms with Crippen LogP contribution in [0.4, 0.5) is 13.2 Å². The Bertz CT molecular complexity index is 499. The van der Waals surface area contributed by atoms with Crippen LogP contribution < -0.4 is 0 Å². The predicted octanol–water partition coefficient (Wildman–Crippen LogP) is 3.57. The van der Waals surface area contributed by atoms with Crippen LogP contribution in [-0.2, 0) is 11.4 Å². The normalized spacial score (nSPS) is 15.4. The van der Waals surface area contributed by atoms with E-state index in [4.69, 9.17) is 4.74 Å². The fraction of sp³-hybridized carbons (Fsp3) is 0.286. The summed E-state index contributed by atoms with van der Waals surface area (Å²) in [4.78, 5) is 1.48. The molecule has 0 bridgehead atoms. The van der Waals surface area contributed by atoms with Gasteiger partial charge >= 0.3 is 0 Å². The molecule has 2 nitrogen and oxygen atoms in total. The summed E-state index contributed by atoms with van der Waals surface area (Å²) in [6.07, 6.45) is 2.94. The molecular formula is C14H14F3NO. The van der Waals surface area contributed by atoms with Crippen LogP contribution in [0.3, 0.4) is 0 Å². The van der Waals surface area contributed by atoms with E-state index in [1.807, 2.05) is 0 Å². The molecule has 1 aromatic carbocycles. The summed E-state index contributed by atoms with van der Waals surface area (Å²) >= 11 is 0. The van der Waals surface area contributed by atoms with Crippen LogP contribution in [0.1, 0.15) is 11.1 Å². The van der Waals surface area contributed by atoms with Gasteiger partial charge in [-0.2, -0.15) is 0 Å². The number of allylic oxidation sites excluding steroid dienone is 2. The standard InChI is InChI=1S/C14H14F3NO/c15-7-11-3-1-2-4-12(11)13(8-16)14(9-17)18-5-6-19-10-18/h1-6H,7-10H2. The van der Waals surface area contributed by atoms with Crippen molar-refractivity contribution in [3.05, 3.63) is 53.6 Å². The van der Waals surface area contributed by atoms with Crippen molar-refractivity contribution in [3.8, 4) is 0 Å². The summed E-state index contributed by atoms with van der Waals surface area (Å²) in [6, 6.07) is 6.51. The molecule has 1 aromatic rings. The maximum atomic E-state index is 13.3. The molecule has 0 atom stereocenters. The Morgan fingerprint density at radius 2 is 1.95 bits per heavy atom. The molecule has 0 saturated heterocycles. The topological polar surface area (TPSA) is 12.5 Å². The van der Waals surface area contributed by atoms with Crippen LogP contribution in [0.15, 0.2) is 42.4 Å². The van der Waals surface area contributed by atoms with Gasteiger partial charge in [-0.05, 0) is 11.1 Å². The van der Waals surface area contributed by atoms with E-state index in [0.717, 1.165) is 0 Å². The van der Waals surface area contributed by atoms with Crippen molar-refractivity contribution in [3.63, 3.8) is 0 Å². The van der Waals surface area contributed by atoms with E-state index in [-0.39, 0.29) is 18.0 Å². The maximum Gasteiger partial charge on any atom is 0.164 e. The first-order chi connectivity index (χ1) is 9.31. The lowest BCUT2D eigenvalue weighted by Crippen LogP contribution is -2.19. The number of halogens is 3. The molecule has 2 rings (SSSR count). The highest BCUT2D eigenvalue weighted by atomic mass is 19.1. The largest absolute Gasteiger partial charge is 0.479 e. The summed E-state index contributed by atoms with van der Waals surface area (Å²) in [6.45, 7) is -2.28. The molecule has 0 saturated carbocycles. The Balaban J connectivity index is 2.49. The van der Waals surface area contributed by atoms with Crippen LogP contribution >= 0.6 is 0 Å². The van der Waals surface area contributed by atoms with E-state index in [9.17, 15) is 13.2 Å². The number of hydrogen-bond acceptors (Lipinski definition) is 2. The third-order valence-corrected chi connectivity index (χ3v) is 2.99. The van der Waals surface area contributed by atoms with E-state index >= 15 is 0 Å². The average Bonchev–Trinajstić information content (AvgIpc) is 2.98. The summed E-state index contributed by atoms with van der Waals surface area (Å²) < 4.78 is 44.4.